The van der Waals surface area contributed by atoms with Crippen molar-refractivity contribution < 1.29 is 0 Å². The second-order valence-corrected chi connectivity index (χ2v) is 6.68. The van der Waals surface area contributed by atoms with Crippen LogP contribution in [0.1, 0.15) is 5.56 Å². The lowest BCUT2D eigenvalue weighted by Crippen LogP contribution is -2.47. The Balaban J connectivity index is 1.36. The number of hydrogen-bond acceptors (Lipinski definition) is 7. The van der Waals surface area contributed by atoms with E-state index in [9.17, 15) is 0 Å². The minimum atomic E-state index is 0.622. The predicted molar refractivity (Wildman–Crippen MR) is 107 cm³/mol. The molecule has 1 N–H and O–H groups in total. The van der Waals surface area contributed by atoms with Gasteiger partial charge in [-0.1, -0.05) is 23.7 Å². The average molecular weight is 382 g/mol. The summed E-state index contributed by atoms with van der Waals surface area (Å²) in [6.07, 6.45) is 5.34. The third-order valence-corrected chi connectivity index (χ3v) is 4.70. The van der Waals surface area contributed by atoms with E-state index in [0.717, 1.165) is 48.5 Å². The molecule has 2 aromatic heterocycles. The minimum Gasteiger partial charge on any atom is -0.353 e. The number of nitrogens with one attached hydrogen (secondary N) is 1. The second kappa shape index (κ2) is 8.18. The van der Waals surface area contributed by atoms with Gasteiger partial charge in [-0.25, -0.2) is 15.0 Å². The summed E-state index contributed by atoms with van der Waals surface area (Å²) in [6, 6.07) is 11.5. The molecule has 4 rings (SSSR count). The van der Waals surface area contributed by atoms with Crippen LogP contribution in [-0.4, -0.2) is 46.1 Å². The van der Waals surface area contributed by atoms with E-state index in [-0.39, 0.29) is 0 Å². The summed E-state index contributed by atoms with van der Waals surface area (Å²) in [5.41, 5.74) is 1.13. The van der Waals surface area contributed by atoms with Crippen LogP contribution in [0.15, 0.2) is 55.0 Å². The first-order chi connectivity index (χ1) is 13.3. The molecule has 1 saturated heterocycles. The summed E-state index contributed by atoms with van der Waals surface area (Å²) in [6.45, 7) is 4.11. The summed E-state index contributed by atoms with van der Waals surface area (Å²) in [4.78, 5) is 22.1. The third-order valence-electron chi connectivity index (χ3n) is 4.44. The van der Waals surface area contributed by atoms with Gasteiger partial charge in [0.1, 0.15) is 5.82 Å². The zero-order valence-corrected chi connectivity index (χ0v) is 15.5. The standard InChI is InChI=1S/C19H20ClN7/c20-16-4-2-15(3-5-16)14-24-18-21-9-6-17(25-18)26-10-12-27(13-11-26)19-22-7-1-8-23-19/h1-9H,10-14H2,(H,21,24,25). The van der Waals surface area contributed by atoms with E-state index in [1.165, 1.54) is 0 Å². The number of benzene rings is 1. The van der Waals surface area contributed by atoms with Crippen LogP contribution in [-0.2, 0) is 6.54 Å². The summed E-state index contributed by atoms with van der Waals surface area (Å²) >= 11 is 5.92. The minimum absolute atomic E-state index is 0.622. The first kappa shape index (κ1) is 17.5. The number of piperazine rings is 1. The van der Waals surface area contributed by atoms with Crippen molar-refractivity contribution in [3.8, 4) is 0 Å². The van der Waals surface area contributed by atoms with Crippen LogP contribution in [0.25, 0.3) is 0 Å². The van der Waals surface area contributed by atoms with Crippen molar-refractivity contribution in [2.75, 3.05) is 41.3 Å². The van der Waals surface area contributed by atoms with Crippen LogP contribution in [0.3, 0.4) is 0 Å². The predicted octanol–water partition coefficient (Wildman–Crippen LogP) is 2.86. The molecule has 27 heavy (non-hydrogen) atoms. The summed E-state index contributed by atoms with van der Waals surface area (Å²) < 4.78 is 0. The van der Waals surface area contributed by atoms with E-state index in [4.69, 9.17) is 11.6 Å². The molecule has 0 spiro atoms. The summed E-state index contributed by atoms with van der Waals surface area (Å²) in [5, 5.41) is 4.01. The molecule has 3 heterocycles. The fourth-order valence-corrected chi connectivity index (χ4v) is 3.11. The average Bonchev–Trinajstić information content (AvgIpc) is 2.74. The zero-order chi connectivity index (χ0) is 18.5. The van der Waals surface area contributed by atoms with Crippen LogP contribution in [0.2, 0.25) is 5.02 Å². The van der Waals surface area contributed by atoms with Crippen LogP contribution in [0, 0.1) is 0 Å². The first-order valence-corrected chi connectivity index (χ1v) is 9.24. The zero-order valence-electron chi connectivity index (χ0n) is 14.8. The molecule has 7 nitrogen and oxygen atoms in total. The molecule has 0 saturated carbocycles. The van der Waals surface area contributed by atoms with Gasteiger partial charge in [0.2, 0.25) is 11.9 Å². The van der Waals surface area contributed by atoms with Crippen LogP contribution in [0.4, 0.5) is 17.7 Å². The fraction of sp³-hybridized carbons (Fsp3) is 0.263. The molecule has 3 aromatic rings. The van der Waals surface area contributed by atoms with Crippen molar-refractivity contribution in [2.24, 2.45) is 0 Å². The highest BCUT2D eigenvalue weighted by molar-refractivity contribution is 6.30. The first-order valence-electron chi connectivity index (χ1n) is 8.86. The molecule has 1 aliphatic rings. The molecule has 0 aliphatic carbocycles. The summed E-state index contributed by atoms with van der Waals surface area (Å²) in [7, 11) is 0. The van der Waals surface area contributed by atoms with Crippen LogP contribution < -0.4 is 15.1 Å². The normalized spacial score (nSPS) is 14.3. The maximum Gasteiger partial charge on any atom is 0.225 e. The fourth-order valence-electron chi connectivity index (χ4n) is 2.98. The molecule has 0 bridgehead atoms. The Kier molecular flexibility index (Phi) is 5.29. The highest BCUT2D eigenvalue weighted by Gasteiger charge is 2.20. The van der Waals surface area contributed by atoms with Crippen molar-refractivity contribution in [1.82, 2.24) is 19.9 Å². The molecule has 1 aromatic carbocycles. The Morgan fingerprint density at radius 2 is 1.56 bits per heavy atom. The van der Waals surface area contributed by atoms with Crippen molar-refractivity contribution in [1.29, 1.82) is 0 Å². The SMILES string of the molecule is Clc1ccc(CNc2nccc(N3CCN(c4ncccn4)CC3)n2)cc1. The molecule has 0 radical (unpaired) electrons. The number of aromatic nitrogens is 4. The van der Waals surface area contributed by atoms with Crippen LogP contribution >= 0.6 is 11.6 Å². The molecule has 0 unspecified atom stereocenters. The Bertz CT molecular complexity index is 865. The number of rotatable bonds is 5. The lowest BCUT2D eigenvalue weighted by Gasteiger charge is -2.35. The molecule has 1 fully saturated rings. The molecule has 0 atom stereocenters. The summed E-state index contributed by atoms with van der Waals surface area (Å²) in [5.74, 6) is 2.33. The molecule has 0 amide bonds. The quantitative estimate of drug-likeness (QED) is 0.728. The van der Waals surface area contributed by atoms with Gasteiger partial charge in [-0.15, -0.1) is 0 Å². The lowest BCUT2D eigenvalue weighted by atomic mass is 10.2. The number of anilines is 3. The van der Waals surface area contributed by atoms with Gasteiger partial charge in [0, 0.05) is 56.3 Å². The monoisotopic (exact) mass is 381 g/mol. The van der Waals surface area contributed by atoms with E-state index in [1.807, 2.05) is 36.4 Å². The topological polar surface area (TPSA) is 70.1 Å². The highest BCUT2D eigenvalue weighted by atomic mass is 35.5. The number of halogens is 1. The van der Waals surface area contributed by atoms with Crippen molar-refractivity contribution >= 4 is 29.3 Å². The van der Waals surface area contributed by atoms with Gasteiger partial charge in [-0.05, 0) is 29.8 Å². The van der Waals surface area contributed by atoms with E-state index >= 15 is 0 Å². The Morgan fingerprint density at radius 1 is 0.852 bits per heavy atom. The molecular formula is C19H20ClN7. The van der Waals surface area contributed by atoms with Gasteiger partial charge >= 0.3 is 0 Å². The lowest BCUT2D eigenvalue weighted by molar-refractivity contribution is 0.634. The Hall–Kier alpha value is -2.93. The Labute approximate surface area is 163 Å². The van der Waals surface area contributed by atoms with Gasteiger partial charge in [-0.2, -0.15) is 4.98 Å². The Morgan fingerprint density at radius 3 is 2.30 bits per heavy atom. The maximum atomic E-state index is 5.92. The van der Waals surface area contributed by atoms with Gasteiger partial charge in [0.25, 0.3) is 0 Å². The molecule has 8 heteroatoms. The van der Waals surface area contributed by atoms with Gasteiger partial charge < -0.3 is 15.1 Å². The molecular weight excluding hydrogens is 362 g/mol. The van der Waals surface area contributed by atoms with Gasteiger partial charge in [0.05, 0.1) is 0 Å². The maximum absolute atomic E-state index is 5.92. The van der Waals surface area contributed by atoms with Crippen LogP contribution in [0.5, 0.6) is 0 Å². The highest BCUT2D eigenvalue weighted by Crippen LogP contribution is 2.17. The molecule has 138 valence electrons. The van der Waals surface area contributed by atoms with E-state index in [1.54, 1.807) is 18.6 Å². The van der Waals surface area contributed by atoms with E-state index < -0.39 is 0 Å². The van der Waals surface area contributed by atoms with E-state index in [0.29, 0.717) is 12.5 Å². The van der Waals surface area contributed by atoms with Gasteiger partial charge in [-0.3, -0.25) is 0 Å². The molecule has 1 aliphatic heterocycles. The van der Waals surface area contributed by atoms with Crippen molar-refractivity contribution in [3.63, 3.8) is 0 Å². The van der Waals surface area contributed by atoms with E-state index in [2.05, 4.69) is 35.1 Å². The van der Waals surface area contributed by atoms with Crippen molar-refractivity contribution in [3.05, 3.63) is 65.6 Å². The number of nitrogens with zero attached hydrogens (tertiary/aromatic N) is 6. The third kappa shape index (κ3) is 4.43. The van der Waals surface area contributed by atoms with Crippen molar-refractivity contribution in [2.45, 2.75) is 6.54 Å². The largest absolute Gasteiger partial charge is 0.353 e. The second-order valence-electron chi connectivity index (χ2n) is 6.24. The number of hydrogen-bond donors (Lipinski definition) is 1. The van der Waals surface area contributed by atoms with Gasteiger partial charge in [0.15, 0.2) is 0 Å². The smallest absolute Gasteiger partial charge is 0.225 e.